The number of rotatable bonds is 12. The zero-order valence-corrected chi connectivity index (χ0v) is 23.7. The van der Waals surface area contributed by atoms with E-state index in [9.17, 15) is 29.4 Å². The van der Waals surface area contributed by atoms with Gasteiger partial charge in [-0.15, -0.1) is 0 Å². The fourth-order valence-electron chi connectivity index (χ4n) is 3.16. The number of carbonyl (C=O) groups is 4. The molecule has 0 aliphatic heterocycles. The Kier molecular flexibility index (Phi) is 11.9. The van der Waals surface area contributed by atoms with Gasteiger partial charge in [0.1, 0.15) is 31.5 Å². The summed E-state index contributed by atoms with van der Waals surface area (Å²) in [6.45, 7) is 13.2. The average Bonchev–Trinajstić information content (AvgIpc) is 2.77. The summed E-state index contributed by atoms with van der Waals surface area (Å²) in [6, 6.07) is 5.52. The van der Waals surface area contributed by atoms with Gasteiger partial charge in [-0.25, -0.2) is 9.59 Å². The summed E-state index contributed by atoms with van der Waals surface area (Å²) >= 11 is 0. The summed E-state index contributed by atoms with van der Waals surface area (Å²) < 4.78 is 20.5. The number of hydrogen-bond donors (Lipinski definition) is 2. The molecule has 10 heteroatoms. The van der Waals surface area contributed by atoms with Crippen LogP contribution >= 0.6 is 0 Å². The molecular weight excluding hydrogens is 496 g/mol. The summed E-state index contributed by atoms with van der Waals surface area (Å²) in [5, 5.41) is 20.0. The maximum atomic E-state index is 12.3. The minimum absolute atomic E-state index is 0.109. The van der Waals surface area contributed by atoms with E-state index in [4.69, 9.17) is 18.9 Å². The van der Waals surface area contributed by atoms with Crippen LogP contribution in [0.2, 0.25) is 0 Å². The minimum Gasteiger partial charge on any atom is -0.463 e. The molecule has 1 aromatic carbocycles. The number of carbonyl (C=O) groups excluding carboxylic acids is 4. The van der Waals surface area contributed by atoms with Crippen LogP contribution < -0.4 is 0 Å². The van der Waals surface area contributed by atoms with Crippen molar-refractivity contribution in [3.8, 4) is 0 Å². The van der Waals surface area contributed by atoms with E-state index >= 15 is 0 Å². The van der Waals surface area contributed by atoms with Crippen LogP contribution in [-0.2, 0) is 28.5 Å². The fourth-order valence-corrected chi connectivity index (χ4v) is 3.16. The number of benzene rings is 1. The Labute approximate surface area is 224 Å². The first kappa shape index (κ1) is 33.0. The lowest BCUT2D eigenvalue weighted by Gasteiger charge is -2.27. The average molecular weight is 539 g/mol. The molecule has 214 valence electrons. The highest BCUT2D eigenvalue weighted by Gasteiger charge is 2.35. The predicted octanol–water partition coefficient (Wildman–Crippen LogP) is 3.46. The molecule has 0 saturated carbocycles. The normalized spacial score (nSPS) is 13.7. The van der Waals surface area contributed by atoms with Crippen molar-refractivity contribution in [2.45, 2.75) is 86.0 Å². The van der Waals surface area contributed by atoms with E-state index in [0.717, 1.165) is 0 Å². The lowest BCUT2D eigenvalue weighted by Crippen LogP contribution is -2.36. The Morgan fingerprint density at radius 2 is 1.13 bits per heavy atom. The molecule has 0 aromatic heterocycles. The third kappa shape index (κ3) is 13.0. The van der Waals surface area contributed by atoms with Gasteiger partial charge in [-0.3, -0.25) is 9.59 Å². The van der Waals surface area contributed by atoms with Crippen molar-refractivity contribution in [1.82, 2.24) is 0 Å². The predicted molar refractivity (Wildman–Crippen MR) is 138 cm³/mol. The Bertz CT molecular complexity index is 951. The van der Waals surface area contributed by atoms with Crippen LogP contribution in [0.1, 0.15) is 88.9 Å². The number of aliphatic hydroxyl groups is 2. The Balaban J connectivity index is 2.46. The Morgan fingerprint density at radius 3 is 1.55 bits per heavy atom. The van der Waals surface area contributed by atoms with Crippen LogP contribution in [0.3, 0.4) is 0 Å². The molecule has 38 heavy (non-hydrogen) atoms. The Hall–Kier alpha value is -2.98. The van der Waals surface area contributed by atoms with E-state index in [2.05, 4.69) is 0 Å². The first-order valence-electron chi connectivity index (χ1n) is 12.5. The molecule has 0 amide bonds. The number of esters is 4. The molecule has 0 heterocycles. The molecule has 1 rings (SSSR count). The van der Waals surface area contributed by atoms with Gasteiger partial charge in [0.25, 0.3) is 0 Å². The second-order valence-electron chi connectivity index (χ2n) is 12.1. The molecule has 2 atom stereocenters. The summed E-state index contributed by atoms with van der Waals surface area (Å²) in [6.07, 6.45) is -1.84. The van der Waals surface area contributed by atoms with Gasteiger partial charge in [-0.1, -0.05) is 20.8 Å². The first-order valence-corrected chi connectivity index (χ1v) is 12.5. The lowest BCUT2D eigenvalue weighted by atomic mass is 9.89. The monoisotopic (exact) mass is 538 g/mol. The smallest absolute Gasteiger partial charge is 0.338 e. The van der Waals surface area contributed by atoms with Gasteiger partial charge in [0.2, 0.25) is 0 Å². The number of aliphatic hydroxyl groups excluding tert-OH is 2. The van der Waals surface area contributed by atoms with Crippen LogP contribution in [0.4, 0.5) is 0 Å². The van der Waals surface area contributed by atoms with E-state index in [0.29, 0.717) is 6.42 Å². The quantitative estimate of drug-likeness (QED) is 0.300. The molecule has 0 fully saturated rings. The van der Waals surface area contributed by atoms with Crippen LogP contribution in [-0.4, -0.2) is 71.7 Å². The van der Waals surface area contributed by atoms with Crippen molar-refractivity contribution < 1.29 is 48.3 Å². The van der Waals surface area contributed by atoms with E-state index in [1.165, 1.54) is 24.3 Å². The molecule has 2 unspecified atom stereocenters. The largest absolute Gasteiger partial charge is 0.463 e. The SMILES string of the molecule is CC(C)(C)CC(O)COC(=O)c1ccc(C(=O)OCC(O)COC(=O)CC(C)(C)C(=O)OC(C)(C)C)cc1. The molecule has 0 radical (unpaired) electrons. The van der Waals surface area contributed by atoms with Gasteiger partial charge in [-0.05, 0) is 70.7 Å². The zero-order valence-electron chi connectivity index (χ0n) is 23.7. The van der Waals surface area contributed by atoms with E-state index in [1.54, 1.807) is 34.6 Å². The van der Waals surface area contributed by atoms with Gasteiger partial charge in [0, 0.05) is 0 Å². The van der Waals surface area contributed by atoms with Gasteiger partial charge in [0.05, 0.1) is 29.1 Å². The highest BCUT2D eigenvalue weighted by Crippen LogP contribution is 2.26. The molecule has 0 aliphatic rings. The van der Waals surface area contributed by atoms with E-state index in [-0.39, 0.29) is 29.6 Å². The maximum absolute atomic E-state index is 12.3. The standard InChI is InChI=1S/C28H42O10/c1-26(2,3)13-20(29)15-36-23(32)18-9-11-19(12-10-18)24(33)37-17-21(30)16-35-22(31)14-28(7,8)25(34)38-27(4,5)6/h9-12,20-21,29-30H,13-17H2,1-8H3. The topological polar surface area (TPSA) is 146 Å². The molecule has 0 bridgehead atoms. The first-order chi connectivity index (χ1) is 17.3. The Morgan fingerprint density at radius 1 is 0.711 bits per heavy atom. The zero-order chi connectivity index (χ0) is 29.3. The third-order valence-corrected chi connectivity index (χ3v) is 4.99. The van der Waals surface area contributed by atoms with E-state index in [1.807, 2.05) is 20.8 Å². The van der Waals surface area contributed by atoms with Gasteiger partial charge >= 0.3 is 23.9 Å². The molecule has 1 aromatic rings. The minimum atomic E-state index is -1.28. The summed E-state index contributed by atoms with van der Waals surface area (Å²) in [4.78, 5) is 48.8. The van der Waals surface area contributed by atoms with Crippen LogP contribution in [0.25, 0.3) is 0 Å². The van der Waals surface area contributed by atoms with Crippen LogP contribution in [0, 0.1) is 10.8 Å². The molecule has 2 N–H and O–H groups in total. The van der Waals surface area contributed by atoms with Crippen LogP contribution in [0.5, 0.6) is 0 Å². The molecule has 10 nitrogen and oxygen atoms in total. The number of hydrogen-bond acceptors (Lipinski definition) is 10. The second kappa shape index (κ2) is 13.7. The van der Waals surface area contributed by atoms with Crippen molar-refractivity contribution >= 4 is 23.9 Å². The van der Waals surface area contributed by atoms with Crippen molar-refractivity contribution in [2.75, 3.05) is 19.8 Å². The van der Waals surface area contributed by atoms with Crippen molar-refractivity contribution in [3.63, 3.8) is 0 Å². The third-order valence-electron chi connectivity index (χ3n) is 4.99. The van der Waals surface area contributed by atoms with Crippen molar-refractivity contribution in [2.24, 2.45) is 10.8 Å². The van der Waals surface area contributed by atoms with Crippen molar-refractivity contribution in [3.05, 3.63) is 35.4 Å². The van der Waals surface area contributed by atoms with Crippen molar-refractivity contribution in [1.29, 1.82) is 0 Å². The summed E-state index contributed by atoms with van der Waals surface area (Å²) in [5.74, 6) is -2.64. The van der Waals surface area contributed by atoms with Gasteiger partial charge in [-0.2, -0.15) is 0 Å². The van der Waals surface area contributed by atoms with Crippen LogP contribution in [0.15, 0.2) is 24.3 Å². The second-order valence-corrected chi connectivity index (χ2v) is 12.1. The maximum Gasteiger partial charge on any atom is 0.338 e. The summed E-state index contributed by atoms with van der Waals surface area (Å²) in [7, 11) is 0. The summed E-state index contributed by atoms with van der Waals surface area (Å²) in [5.41, 5.74) is -1.59. The van der Waals surface area contributed by atoms with Gasteiger partial charge < -0.3 is 29.2 Å². The highest BCUT2D eigenvalue weighted by atomic mass is 16.6. The molecule has 0 saturated heterocycles. The fraction of sp³-hybridized carbons (Fsp3) is 0.643. The molecule has 0 aliphatic carbocycles. The number of ether oxygens (including phenoxy) is 4. The highest BCUT2D eigenvalue weighted by molar-refractivity contribution is 5.93. The molecular formula is C28H42O10. The van der Waals surface area contributed by atoms with Gasteiger partial charge in [0.15, 0.2) is 0 Å². The lowest BCUT2D eigenvalue weighted by molar-refractivity contribution is -0.170. The van der Waals surface area contributed by atoms with E-state index < -0.39 is 60.3 Å². The molecule has 0 spiro atoms.